The maximum Gasteiger partial charge on any atom is 0.261 e. The Morgan fingerprint density at radius 1 is 1.00 bits per heavy atom. The van der Waals surface area contributed by atoms with E-state index in [0.29, 0.717) is 17.3 Å². The largest absolute Gasteiger partial charge is 0.493 e. The lowest BCUT2D eigenvalue weighted by molar-refractivity contribution is -0.638. The molecular weight excluding hydrogens is 308 g/mol. The standard InChI is InChI=1S/C17H16N4O3/c1-22-13-5-3-4-6-14(13)24-15-11-19-16(20-17(15)23-2)12-7-9-21(18)10-8-12/h3-10H,18H2,1-2H3/q+1. The molecule has 2 aromatic heterocycles. The Morgan fingerprint density at radius 3 is 2.38 bits per heavy atom. The van der Waals surface area contributed by atoms with Gasteiger partial charge in [-0.3, -0.25) is 0 Å². The van der Waals surface area contributed by atoms with Crippen molar-refractivity contribution in [1.29, 1.82) is 0 Å². The van der Waals surface area contributed by atoms with Gasteiger partial charge in [0.15, 0.2) is 29.7 Å². The van der Waals surface area contributed by atoms with Crippen molar-refractivity contribution in [2.75, 3.05) is 20.1 Å². The SMILES string of the molecule is COc1ccccc1Oc1[c]nc(-c2cc[n+](N)cc2)nc1OC. The van der Waals surface area contributed by atoms with Crippen LogP contribution in [0.25, 0.3) is 11.4 Å². The number of ether oxygens (including phenoxy) is 3. The minimum atomic E-state index is 0.274. The Kier molecular flexibility index (Phi) is 4.42. The van der Waals surface area contributed by atoms with Gasteiger partial charge in [0.2, 0.25) is 5.75 Å². The summed E-state index contributed by atoms with van der Waals surface area (Å²) in [5, 5.41) is 0. The molecule has 0 unspecified atom stereocenters. The molecule has 0 atom stereocenters. The van der Waals surface area contributed by atoms with Crippen molar-refractivity contribution in [2.45, 2.75) is 0 Å². The highest BCUT2D eigenvalue weighted by molar-refractivity contribution is 5.55. The van der Waals surface area contributed by atoms with Crippen LogP contribution in [-0.2, 0) is 0 Å². The van der Waals surface area contributed by atoms with Crippen LogP contribution in [0.15, 0.2) is 48.8 Å². The first-order valence-electron chi connectivity index (χ1n) is 7.12. The van der Waals surface area contributed by atoms with Gasteiger partial charge in [-0.2, -0.15) is 4.98 Å². The van der Waals surface area contributed by atoms with Gasteiger partial charge in [-0.05, 0) is 12.1 Å². The number of benzene rings is 1. The molecule has 0 fully saturated rings. The predicted octanol–water partition coefficient (Wildman–Crippen LogP) is 1.75. The fourth-order valence-electron chi connectivity index (χ4n) is 2.06. The van der Waals surface area contributed by atoms with E-state index < -0.39 is 0 Å². The zero-order valence-electron chi connectivity index (χ0n) is 13.3. The van der Waals surface area contributed by atoms with Gasteiger partial charge >= 0.3 is 0 Å². The lowest BCUT2D eigenvalue weighted by Crippen LogP contribution is -2.43. The van der Waals surface area contributed by atoms with Crippen molar-refractivity contribution in [1.82, 2.24) is 9.97 Å². The number of nitrogen functional groups attached to an aromatic ring is 1. The van der Waals surface area contributed by atoms with E-state index in [1.54, 1.807) is 43.8 Å². The van der Waals surface area contributed by atoms with Crippen molar-refractivity contribution in [3.05, 3.63) is 55.0 Å². The molecule has 1 aromatic carbocycles. The summed E-state index contributed by atoms with van der Waals surface area (Å²) < 4.78 is 17.8. The van der Waals surface area contributed by atoms with Crippen LogP contribution in [-0.4, -0.2) is 24.2 Å². The number of nitrogens with two attached hydrogens (primary N) is 1. The lowest BCUT2D eigenvalue weighted by Gasteiger charge is -2.12. The number of para-hydroxylation sites is 2. The Balaban J connectivity index is 1.93. The molecule has 7 heteroatoms. The van der Waals surface area contributed by atoms with Gasteiger partial charge in [0, 0.05) is 17.7 Å². The summed E-state index contributed by atoms with van der Waals surface area (Å²) >= 11 is 0. The second kappa shape index (κ2) is 6.82. The molecule has 121 valence electrons. The molecular formula is C17H16N4O3+. The third kappa shape index (κ3) is 3.19. The van der Waals surface area contributed by atoms with Crippen LogP contribution in [0.2, 0.25) is 0 Å². The molecule has 0 aliphatic heterocycles. The van der Waals surface area contributed by atoms with E-state index in [9.17, 15) is 0 Å². The number of hydrogen-bond donors (Lipinski definition) is 1. The van der Waals surface area contributed by atoms with Crippen molar-refractivity contribution in [3.8, 4) is 34.5 Å². The third-order valence-corrected chi connectivity index (χ3v) is 3.25. The zero-order chi connectivity index (χ0) is 16.9. The number of methoxy groups -OCH3 is 2. The molecule has 0 spiro atoms. The van der Waals surface area contributed by atoms with Gasteiger partial charge in [0.25, 0.3) is 5.88 Å². The average Bonchev–Trinajstić information content (AvgIpc) is 2.63. The smallest absolute Gasteiger partial charge is 0.261 e. The number of aromatic nitrogens is 3. The van der Waals surface area contributed by atoms with Gasteiger partial charge in [0.1, 0.15) is 6.20 Å². The number of nitrogens with zero attached hydrogens (tertiary/aromatic N) is 3. The first-order chi connectivity index (χ1) is 11.7. The molecule has 0 amide bonds. The van der Waals surface area contributed by atoms with Crippen LogP contribution in [0.3, 0.4) is 0 Å². The molecule has 0 aliphatic carbocycles. The van der Waals surface area contributed by atoms with E-state index in [4.69, 9.17) is 20.1 Å². The molecule has 0 saturated heterocycles. The molecule has 0 bridgehead atoms. The summed E-state index contributed by atoms with van der Waals surface area (Å²) in [5.74, 6) is 7.73. The maximum atomic E-state index is 5.78. The molecule has 3 rings (SSSR count). The third-order valence-electron chi connectivity index (χ3n) is 3.25. The molecule has 7 nitrogen and oxygen atoms in total. The Morgan fingerprint density at radius 2 is 1.71 bits per heavy atom. The normalized spacial score (nSPS) is 10.2. The van der Waals surface area contributed by atoms with Crippen molar-refractivity contribution >= 4 is 0 Å². The highest BCUT2D eigenvalue weighted by atomic mass is 16.5. The van der Waals surface area contributed by atoms with E-state index in [2.05, 4.69) is 16.2 Å². The minimum Gasteiger partial charge on any atom is -0.493 e. The van der Waals surface area contributed by atoms with Gasteiger partial charge in [-0.1, -0.05) is 16.8 Å². The second-order valence-electron chi connectivity index (χ2n) is 4.78. The fourth-order valence-corrected chi connectivity index (χ4v) is 2.06. The van der Waals surface area contributed by atoms with E-state index in [1.807, 2.05) is 12.1 Å². The number of hydrogen-bond acceptors (Lipinski definition) is 6. The molecule has 1 radical (unpaired) electrons. The number of pyridine rings is 1. The van der Waals surface area contributed by atoms with Gasteiger partial charge < -0.3 is 14.2 Å². The van der Waals surface area contributed by atoms with Crippen molar-refractivity contribution in [2.24, 2.45) is 0 Å². The summed E-state index contributed by atoms with van der Waals surface area (Å²) in [6.45, 7) is 0. The summed E-state index contributed by atoms with van der Waals surface area (Å²) in [6.07, 6.45) is 6.21. The Bertz CT molecular complexity index is 837. The zero-order valence-corrected chi connectivity index (χ0v) is 13.3. The summed E-state index contributed by atoms with van der Waals surface area (Å²) in [4.78, 5) is 8.57. The summed E-state index contributed by atoms with van der Waals surface area (Å²) in [6, 6.07) is 10.9. The van der Waals surface area contributed by atoms with Crippen molar-refractivity contribution in [3.63, 3.8) is 0 Å². The predicted molar refractivity (Wildman–Crippen MR) is 86.3 cm³/mol. The first-order valence-corrected chi connectivity index (χ1v) is 7.12. The van der Waals surface area contributed by atoms with E-state index in [1.165, 1.54) is 11.8 Å². The average molecular weight is 324 g/mol. The quantitative estimate of drug-likeness (QED) is 0.569. The van der Waals surface area contributed by atoms with E-state index in [-0.39, 0.29) is 11.6 Å². The highest BCUT2D eigenvalue weighted by Gasteiger charge is 2.14. The highest BCUT2D eigenvalue weighted by Crippen LogP contribution is 2.35. The Hall–Kier alpha value is -3.35. The topological polar surface area (TPSA) is 83.4 Å². The van der Waals surface area contributed by atoms with E-state index >= 15 is 0 Å². The second-order valence-corrected chi connectivity index (χ2v) is 4.78. The van der Waals surface area contributed by atoms with Crippen LogP contribution in [0.1, 0.15) is 0 Å². The molecule has 0 saturated carbocycles. The number of rotatable bonds is 5. The lowest BCUT2D eigenvalue weighted by atomic mass is 10.2. The van der Waals surface area contributed by atoms with Crippen LogP contribution in [0.4, 0.5) is 0 Å². The molecule has 0 aliphatic rings. The van der Waals surface area contributed by atoms with Gasteiger partial charge in [-0.15, -0.1) is 0 Å². The molecule has 2 heterocycles. The van der Waals surface area contributed by atoms with Crippen molar-refractivity contribution < 1.29 is 18.9 Å². The van der Waals surface area contributed by atoms with Crippen LogP contribution in [0.5, 0.6) is 23.1 Å². The molecule has 3 aromatic rings. The summed E-state index contributed by atoms with van der Waals surface area (Å²) in [7, 11) is 3.08. The maximum absolute atomic E-state index is 5.78. The van der Waals surface area contributed by atoms with Crippen LogP contribution in [0, 0.1) is 6.20 Å². The van der Waals surface area contributed by atoms with Gasteiger partial charge in [-0.25, -0.2) is 10.8 Å². The Labute approximate surface area is 139 Å². The minimum absolute atomic E-state index is 0.274. The molecule has 2 N–H and O–H groups in total. The summed E-state index contributed by atoms with van der Waals surface area (Å²) in [5.41, 5.74) is 0.787. The fraction of sp³-hybridized carbons (Fsp3) is 0.118. The first kappa shape index (κ1) is 15.5. The van der Waals surface area contributed by atoms with Gasteiger partial charge in [0.05, 0.1) is 14.2 Å². The molecule has 24 heavy (non-hydrogen) atoms. The van der Waals surface area contributed by atoms with Crippen LogP contribution < -0.4 is 24.7 Å². The monoisotopic (exact) mass is 324 g/mol. The van der Waals surface area contributed by atoms with E-state index in [0.717, 1.165) is 5.56 Å². The van der Waals surface area contributed by atoms with Crippen LogP contribution >= 0.6 is 0 Å².